The molecule has 0 saturated carbocycles. The average Bonchev–Trinajstić information content (AvgIpc) is 3.39. The maximum atomic E-state index is 12.4. The fraction of sp³-hybridized carbons (Fsp3) is 0.300. The Morgan fingerprint density at radius 3 is 2.79 bits per heavy atom. The highest BCUT2D eigenvalue weighted by Crippen LogP contribution is 2.20. The Kier molecular flexibility index (Phi) is 6.84. The molecular formula is C20H22N2O6S. The number of ether oxygens (including phenoxy) is 1. The van der Waals surface area contributed by atoms with Gasteiger partial charge in [-0.1, -0.05) is 18.2 Å². The molecule has 2 N–H and O–H groups in total. The molecule has 29 heavy (non-hydrogen) atoms. The van der Waals surface area contributed by atoms with Gasteiger partial charge in [-0.25, -0.2) is 13.1 Å². The van der Waals surface area contributed by atoms with Crippen molar-refractivity contribution >= 4 is 27.6 Å². The van der Waals surface area contributed by atoms with Crippen molar-refractivity contribution in [1.82, 2.24) is 4.72 Å². The van der Waals surface area contributed by atoms with Crippen molar-refractivity contribution in [2.75, 3.05) is 11.9 Å². The molecule has 8 nitrogen and oxygen atoms in total. The van der Waals surface area contributed by atoms with Crippen molar-refractivity contribution in [3.05, 3.63) is 60.6 Å². The third kappa shape index (κ3) is 6.30. The van der Waals surface area contributed by atoms with E-state index in [-0.39, 0.29) is 29.5 Å². The van der Waals surface area contributed by atoms with Crippen molar-refractivity contribution in [2.24, 2.45) is 5.92 Å². The maximum absolute atomic E-state index is 12.4. The zero-order valence-electron chi connectivity index (χ0n) is 15.7. The largest absolute Gasteiger partial charge is 0.468 e. The number of nitrogens with one attached hydrogen (secondary N) is 2. The number of furan rings is 1. The van der Waals surface area contributed by atoms with E-state index in [9.17, 15) is 18.0 Å². The first-order chi connectivity index (χ1) is 13.9. The molecule has 0 spiro atoms. The highest BCUT2D eigenvalue weighted by Gasteiger charge is 2.17. The van der Waals surface area contributed by atoms with Crippen LogP contribution in [0.15, 0.2) is 64.1 Å². The minimum absolute atomic E-state index is 0.00753. The molecule has 0 unspecified atom stereocenters. The summed E-state index contributed by atoms with van der Waals surface area (Å²) in [5.74, 6) is -0.331. The van der Waals surface area contributed by atoms with Crippen molar-refractivity contribution in [3.63, 3.8) is 0 Å². The summed E-state index contributed by atoms with van der Waals surface area (Å²) in [5.41, 5.74) is 0.283. The summed E-state index contributed by atoms with van der Waals surface area (Å²) in [6, 6.07) is 9.12. The van der Waals surface area contributed by atoms with Crippen LogP contribution in [0.5, 0.6) is 0 Å². The van der Waals surface area contributed by atoms with Crippen molar-refractivity contribution in [1.29, 1.82) is 0 Å². The Balaban J connectivity index is 1.51. The van der Waals surface area contributed by atoms with Crippen LogP contribution in [0, 0.1) is 5.92 Å². The Bertz CT molecular complexity index is 982. The van der Waals surface area contributed by atoms with E-state index < -0.39 is 28.5 Å². The van der Waals surface area contributed by atoms with Gasteiger partial charge in [0.15, 0.2) is 6.61 Å². The summed E-state index contributed by atoms with van der Waals surface area (Å²) in [4.78, 5) is 23.8. The standard InChI is InChI=1S/C20H22N2O6S/c23-19(14-28-20(24)11-15-5-1-2-6-15)22-16-7-3-9-18(12-16)29(25,26)21-13-17-8-4-10-27-17/h1,3-5,7-10,12,15,21H,2,6,11,13-14H2,(H,22,23)/t15-/m0/s1. The SMILES string of the molecule is O=C(COC(=O)C[C@H]1C=CCC1)Nc1cccc(S(=O)(=O)NCc2ccco2)c1. The van der Waals surface area contributed by atoms with Crippen molar-refractivity contribution in [3.8, 4) is 0 Å². The molecule has 1 aliphatic carbocycles. The van der Waals surface area contributed by atoms with Gasteiger partial charge in [0.2, 0.25) is 10.0 Å². The van der Waals surface area contributed by atoms with Gasteiger partial charge in [-0.15, -0.1) is 0 Å². The molecule has 9 heteroatoms. The highest BCUT2D eigenvalue weighted by molar-refractivity contribution is 7.89. The molecule has 1 aromatic carbocycles. The number of carbonyl (C=O) groups is 2. The molecule has 1 aromatic heterocycles. The predicted octanol–water partition coefficient (Wildman–Crippen LogP) is 2.60. The van der Waals surface area contributed by atoms with Gasteiger partial charge in [0, 0.05) is 5.69 Å². The van der Waals surface area contributed by atoms with E-state index in [1.54, 1.807) is 18.2 Å². The monoisotopic (exact) mass is 418 g/mol. The molecular weight excluding hydrogens is 396 g/mol. The molecule has 0 fully saturated rings. The molecule has 1 aliphatic rings. The minimum Gasteiger partial charge on any atom is -0.468 e. The second-order valence-corrected chi connectivity index (χ2v) is 8.38. The normalized spacial score (nSPS) is 15.9. The summed E-state index contributed by atoms with van der Waals surface area (Å²) in [7, 11) is -3.79. The van der Waals surface area contributed by atoms with Crippen molar-refractivity contribution in [2.45, 2.75) is 30.7 Å². The van der Waals surface area contributed by atoms with Gasteiger partial charge in [-0.05, 0) is 49.1 Å². The van der Waals surface area contributed by atoms with Crippen LogP contribution in [0.4, 0.5) is 5.69 Å². The topological polar surface area (TPSA) is 115 Å². The summed E-state index contributed by atoms with van der Waals surface area (Å²) >= 11 is 0. The molecule has 2 aromatic rings. The number of carbonyl (C=O) groups excluding carboxylic acids is 2. The van der Waals surface area contributed by atoms with Gasteiger partial charge in [0.05, 0.1) is 24.1 Å². The smallest absolute Gasteiger partial charge is 0.306 e. The van der Waals surface area contributed by atoms with Crippen LogP contribution in [-0.2, 0) is 30.9 Å². The number of hydrogen-bond acceptors (Lipinski definition) is 6. The Labute approximate surface area is 169 Å². The number of sulfonamides is 1. The fourth-order valence-corrected chi connectivity index (χ4v) is 3.92. The number of hydrogen-bond donors (Lipinski definition) is 2. The van der Waals surface area contributed by atoms with Gasteiger partial charge in [-0.3, -0.25) is 9.59 Å². The van der Waals surface area contributed by atoms with Crippen LogP contribution >= 0.6 is 0 Å². The molecule has 0 aliphatic heterocycles. The van der Waals surface area contributed by atoms with Gasteiger partial charge in [0.1, 0.15) is 5.76 Å². The minimum atomic E-state index is -3.79. The summed E-state index contributed by atoms with van der Waals surface area (Å²) in [5, 5.41) is 2.53. The molecule has 1 amide bonds. The lowest BCUT2D eigenvalue weighted by atomic mass is 10.1. The van der Waals surface area contributed by atoms with Gasteiger partial charge >= 0.3 is 5.97 Å². The zero-order chi connectivity index (χ0) is 20.7. The first kappa shape index (κ1) is 20.8. The van der Waals surface area contributed by atoms with Gasteiger partial charge in [-0.2, -0.15) is 0 Å². The predicted molar refractivity (Wildman–Crippen MR) is 105 cm³/mol. The Morgan fingerprint density at radius 2 is 2.07 bits per heavy atom. The van der Waals surface area contributed by atoms with Gasteiger partial charge < -0.3 is 14.5 Å². The van der Waals surface area contributed by atoms with Gasteiger partial charge in [0.25, 0.3) is 5.91 Å². The Morgan fingerprint density at radius 1 is 1.21 bits per heavy atom. The third-order valence-corrected chi connectivity index (χ3v) is 5.75. The molecule has 0 bridgehead atoms. The average molecular weight is 418 g/mol. The first-order valence-corrected chi connectivity index (χ1v) is 10.6. The molecule has 1 atom stereocenters. The van der Waals surface area contributed by atoms with E-state index in [1.165, 1.54) is 24.5 Å². The molecule has 0 radical (unpaired) electrons. The molecule has 1 heterocycles. The second-order valence-electron chi connectivity index (χ2n) is 6.61. The van der Waals surface area contributed by atoms with Crippen LogP contribution in [0.1, 0.15) is 25.0 Å². The van der Waals surface area contributed by atoms with E-state index >= 15 is 0 Å². The molecule has 154 valence electrons. The van der Waals surface area contributed by atoms with Crippen LogP contribution in [0.3, 0.4) is 0 Å². The van der Waals surface area contributed by atoms with Crippen LogP contribution < -0.4 is 10.0 Å². The summed E-state index contributed by atoms with van der Waals surface area (Å²) < 4.78 is 37.3. The van der Waals surface area contributed by atoms with Crippen molar-refractivity contribution < 1.29 is 27.2 Å². The highest BCUT2D eigenvalue weighted by atomic mass is 32.2. The summed E-state index contributed by atoms with van der Waals surface area (Å²) in [6.45, 7) is -0.416. The van der Waals surface area contributed by atoms with E-state index in [0.29, 0.717) is 5.76 Å². The number of esters is 1. The lowest BCUT2D eigenvalue weighted by Gasteiger charge is -2.10. The fourth-order valence-electron chi connectivity index (χ4n) is 2.89. The quantitative estimate of drug-likeness (QED) is 0.478. The lowest BCUT2D eigenvalue weighted by molar-refractivity contribution is -0.147. The zero-order valence-corrected chi connectivity index (χ0v) is 16.5. The first-order valence-electron chi connectivity index (χ1n) is 9.16. The molecule has 3 rings (SSSR count). The van der Waals surface area contributed by atoms with Crippen LogP contribution in [0.25, 0.3) is 0 Å². The van der Waals surface area contributed by atoms with E-state index in [4.69, 9.17) is 9.15 Å². The number of benzene rings is 1. The number of rotatable bonds is 9. The van der Waals surface area contributed by atoms with Crippen LogP contribution in [0.2, 0.25) is 0 Å². The van der Waals surface area contributed by atoms with E-state index in [2.05, 4.69) is 10.0 Å². The van der Waals surface area contributed by atoms with Crippen LogP contribution in [-0.4, -0.2) is 26.9 Å². The Hall–Kier alpha value is -2.91. The third-order valence-electron chi connectivity index (χ3n) is 4.35. The second kappa shape index (κ2) is 9.53. The number of anilines is 1. The maximum Gasteiger partial charge on any atom is 0.306 e. The number of allylic oxidation sites excluding steroid dienone is 2. The lowest BCUT2D eigenvalue weighted by Crippen LogP contribution is -2.24. The van der Waals surface area contributed by atoms with E-state index in [0.717, 1.165) is 12.8 Å². The summed E-state index contributed by atoms with van der Waals surface area (Å²) in [6.07, 6.45) is 7.57. The van der Waals surface area contributed by atoms with E-state index in [1.807, 2.05) is 12.2 Å². The molecule has 0 saturated heterocycles. The number of amides is 1.